The van der Waals surface area contributed by atoms with E-state index in [1.165, 1.54) is 7.11 Å². The molecule has 1 aromatic heterocycles. The van der Waals surface area contributed by atoms with Crippen LogP contribution in [0.15, 0.2) is 42.6 Å². The lowest BCUT2D eigenvalue weighted by atomic mass is 10.0. The normalized spacial score (nSPS) is 15.4. The van der Waals surface area contributed by atoms with E-state index in [1.807, 2.05) is 43.3 Å². The molecule has 1 N–H and O–H groups in total. The maximum Gasteiger partial charge on any atom is 0.327 e. The number of fused-ring (bicyclic) bond motifs is 1. The van der Waals surface area contributed by atoms with Crippen molar-refractivity contribution < 1.29 is 14.3 Å². The number of nitrogens with one attached hydrogen (secondary N) is 1. The third-order valence-electron chi connectivity index (χ3n) is 4.03. The van der Waals surface area contributed by atoms with Crippen LogP contribution in [0.2, 0.25) is 0 Å². The molecule has 3 rings (SSSR count). The maximum absolute atomic E-state index is 12.2. The number of esters is 1. The van der Waals surface area contributed by atoms with Crippen molar-refractivity contribution in [1.29, 1.82) is 0 Å². The van der Waals surface area contributed by atoms with E-state index in [0.717, 1.165) is 29.0 Å². The molecule has 0 fully saturated rings. The first-order chi connectivity index (χ1) is 11.2. The highest BCUT2D eigenvalue weighted by Crippen LogP contribution is 2.29. The average molecular weight is 312 g/mol. The molecule has 5 nitrogen and oxygen atoms in total. The van der Waals surface area contributed by atoms with Crippen LogP contribution >= 0.6 is 0 Å². The summed E-state index contributed by atoms with van der Waals surface area (Å²) in [7, 11) is 1.40. The van der Waals surface area contributed by atoms with Crippen molar-refractivity contribution in [3.8, 4) is 5.75 Å². The van der Waals surface area contributed by atoms with Crippen LogP contribution in [0.1, 0.15) is 35.8 Å². The van der Waals surface area contributed by atoms with Gasteiger partial charge in [-0.25, -0.2) is 4.79 Å². The van der Waals surface area contributed by atoms with Crippen LogP contribution in [-0.2, 0) is 16.0 Å². The average Bonchev–Trinajstić information content (AvgIpc) is 3.07. The van der Waals surface area contributed by atoms with E-state index >= 15 is 0 Å². The summed E-state index contributed by atoms with van der Waals surface area (Å²) in [6.45, 7) is 2.67. The van der Waals surface area contributed by atoms with Gasteiger partial charge in [-0.1, -0.05) is 12.1 Å². The summed E-state index contributed by atoms with van der Waals surface area (Å²) in [6, 6.07) is 11.0. The molecule has 0 aliphatic carbocycles. The van der Waals surface area contributed by atoms with Gasteiger partial charge in [-0.3, -0.25) is 10.3 Å². The van der Waals surface area contributed by atoms with E-state index in [1.54, 1.807) is 6.20 Å². The summed E-state index contributed by atoms with van der Waals surface area (Å²) in [5, 5.41) is 3.31. The highest BCUT2D eigenvalue weighted by atomic mass is 16.5. The highest BCUT2D eigenvalue weighted by Gasteiger charge is 2.25. The molecule has 2 aromatic rings. The van der Waals surface area contributed by atoms with Gasteiger partial charge >= 0.3 is 5.97 Å². The fourth-order valence-corrected chi connectivity index (χ4v) is 2.77. The Morgan fingerprint density at radius 2 is 2.22 bits per heavy atom. The summed E-state index contributed by atoms with van der Waals surface area (Å²) in [4.78, 5) is 16.6. The molecule has 120 valence electrons. The first-order valence-electron chi connectivity index (χ1n) is 7.69. The van der Waals surface area contributed by atoms with Gasteiger partial charge in [0.05, 0.1) is 19.4 Å². The fraction of sp³-hybridized carbons (Fsp3) is 0.333. The lowest BCUT2D eigenvalue weighted by Crippen LogP contribution is -2.32. The molecule has 0 radical (unpaired) electrons. The van der Waals surface area contributed by atoms with Crippen molar-refractivity contribution in [2.45, 2.75) is 25.4 Å². The minimum Gasteiger partial charge on any atom is -0.493 e. The third-order valence-corrected chi connectivity index (χ3v) is 4.03. The molecular formula is C18H20N2O3. The molecule has 2 atom stereocenters. The number of hydrogen-bond donors (Lipinski definition) is 1. The van der Waals surface area contributed by atoms with Crippen LogP contribution < -0.4 is 10.1 Å². The highest BCUT2D eigenvalue weighted by molar-refractivity contribution is 5.77. The zero-order valence-corrected chi connectivity index (χ0v) is 13.3. The minimum atomic E-state index is -0.539. The first-order valence-corrected chi connectivity index (χ1v) is 7.69. The number of nitrogens with zero attached hydrogens (tertiary/aromatic N) is 1. The van der Waals surface area contributed by atoms with E-state index in [-0.39, 0.29) is 12.0 Å². The van der Waals surface area contributed by atoms with Gasteiger partial charge < -0.3 is 9.47 Å². The predicted octanol–water partition coefficient (Wildman–Crippen LogP) is 2.58. The Hall–Kier alpha value is -2.40. The predicted molar refractivity (Wildman–Crippen MR) is 86.2 cm³/mol. The Morgan fingerprint density at radius 3 is 2.96 bits per heavy atom. The summed E-state index contributed by atoms with van der Waals surface area (Å²) >= 11 is 0. The van der Waals surface area contributed by atoms with Gasteiger partial charge in [0.2, 0.25) is 0 Å². The van der Waals surface area contributed by atoms with E-state index in [4.69, 9.17) is 9.47 Å². The lowest BCUT2D eigenvalue weighted by molar-refractivity contribution is -0.143. The van der Waals surface area contributed by atoms with Gasteiger partial charge in [-0.2, -0.15) is 0 Å². The number of hydrogen-bond acceptors (Lipinski definition) is 5. The fourth-order valence-electron chi connectivity index (χ4n) is 2.77. The first kappa shape index (κ1) is 15.5. The number of methoxy groups -OCH3 is 1. The Kier molecular flexibility index (Phi) is 4.57. The molecule has 1 aromatic carbocycles. The van der Waals surface area contributed by atoms with Crippen LogP contribution in [0.5, 0.6) is 5.75 Å². The second kappa shape index (κ2) is 6.79. The van der Waals surface area contributed by atoms with Crippen LogP contribution in [0.4, 0.5) is 0 Å². The zero-order chi connectivity index (χ0) is 16.2. The summed E-state index contributed by atoms with van der Waals surface area (Å²) in [5.74, 6) is 0.585. The standard InChI is InChI=1S/C18H20N2O3/c1-12(15-5-3-4-9-19-15)20-17(18(21)22-2)14-6-7-16-13(11-14)8-10-23-16/h3-7,9,11-12,17,20H,8,10H2,1-2H3/t12-,17-/m1/s1. The van der Waals surface area contributed by atoms with Gasteiger partial charge in [-0.05, 0) is 42.3 Å². The number of benzene rings is 1. The molecule has 0 spiro atoms. The SMILES string of the molecule is COC(=O)[C@H](N[C@H](C)c1ccccn1)c1ccc2c(c1)CCO2. The largest absolute Gasteiger partial charge is 0.493 e. The van der Waals surface area contributed by atoms with Crippen LogP contribution in [0, 0.1) is 0 Å². The second-order valence-corrected chi connectivity index (χ2v) is 5.56. The summed E-state index contributed by atoms with van der Waals surface area (Å²) < 4.78 is 10.5. The van der Waals surface area contributed by atoms with Crippen LogP contribution in [0.3, 0.4) is 0 Å². The Balaban J connectivity index is 1.85. The summed E-state index contributed by atoms with van der Waals surface area (Å²) in [6.07, 6.45) is 2.61. The van der Waals surface area contributed by atoms with E-state index in [2.05, 4.69) is 10.3 Å². The van der Waals surface area contributed by atoms with Gasteiger partial charge in [0.1, 0.15) is 11.8 Å². The molecule has 23 heavy (non-hydrogen) atoms. The molecule has 1 aliphatic rings. The molecule has 0 saturated heterocycles. The number of pyridine rings is 1. The number of rotatable bonds is 5. The van der Waals surface area contributed by atoms with Gasteiger partial charge in [-0.15, -0.1) is 0 Å². The van der Waals surface area contributed by atoms with Crippen molar-refractivity contribution in [3.63, 3.8) is 0 Å². The van der Waals surface area contributed by atoms with Gasteiger partial charge in [0, 0.05) is 18.7 Å². The number of carbonyl (C=O) groups is 1. The number of carbonyl (C=O) groups excluding carboxylic acids is 1. The van der Waals surface area contributed by atoms with E-state index < -0.39 is 6.04 Å². The monoisotopic (exact) mass is 312 g/mol. The van der Waals surface area contributed by atoms with E-state index in [0.29, 0.717) is 6.61 Å². The van der Waals surface area contributed by atoms with Gasteiger partial charge in [0.15, 0.2) is 0 Å². The zero-order valence-electron chi connectivity index (χ0n) is 13.3. The van der Waals surface area contributed by atoms with Crippen LogP contribution in [0.25, 0.3) is 0 Å². The Labute approximate surface area is 135 Å². The molecule has 1 aliphatic heterocycles. The van der Waals surface area contributed by atoms with E-state index in [9.17, 15) is 4.79 Å². The Bertz CT molecular complexity index is 688. The quantitative estimate of drug-likeness (QED) is 0.860. The minimum absolute atomic E-state index is 0.0789. The molecule has 0 amide bonds. The molecular weight excluding hydrogens is 292 g/mol. The van der Waals surface area contributed by atoms with Crippen molar-refractivity contribution >= 4 is 5.97 Å². The van der Waals surface area contributed by atoms with Crippen LogP contribution in [-0.4, -0.2) is 24.7 Å². The second-order valence-electron chi connectivity index (χ2n) is 5.56. The Morgan fingerprint density at radius 1 is 1.35 bits per heavy atom. The molecule has 2 heterocycles. The summed E-state index contributed by atoms with van der Waals surface area (Å²) in [5.41, 5.74) is 2.89. The smallest absolute Gasteiger partial charge is 0.327 e. The van der Waals surface area contributed by atoms with Crippen molar-refractivity contribution in [3.05, 3.63) is 59.4 Å². The maximum atomic E-state index is 12.2. The number of aromatic nitrogens is 1. The molecule has 0 bridgehead atoms. The molecule has 5 heteroatoms. The van der Waals surface area contributed by atoms with Crippen molar-refractivity contribution in [2.75, 3.05) is 13.7 Å². The lowest BCUT2D eigenvalue weighted by Gasteiger charge is -2.22. The molecule has 0 saturated carbocycles. The third kappa shape index (κ3) is 3.35. The topological polar surface area (TPSA) is 60.5 Å². The number of ether oxygens (including phenoxy) is 2. The van der Waals surface area contributed by atoms with Crippen molar-refractivity contribution in [2.24, 2.45) is 0 Å². The molecule has 0 unspecified atom stereocenters. The van der Waals surface area contributed by atoms with Gasteiger partial charge in [0.25, 0.3) is 0 Å². The van der Waals surface area contributed by atoms with Crippen molar-refractivity contribution in [1.82, 2.24) is 10.3 Å².